The Kier molecular flexibility index (Phi) is 4.49. The summed E-state index contributed by atoms with van der Waals surface area (Å²) in [6, 6.07) is 10.1. The summed E-state index contributed by atoms with van der Waals surface area (Å²) in [6.07, 6.45) is 3.39. The average Bonchev–Trinajstić information content (AvgIpc) is 2.81. The minimum atomic E-state index is -0.665. The van der Waals surface area contributed by atoms with Crippen molar-refractivity contribution < 1.29 is 13.2 Å². The predicted molar refractivity (Wildman–Crippen MR) is 97.2 cm³/mol. The van der Waals surface area contributed by atoms with Crippen LogP contribution in [0.1, 0.15) is 16.7 Å². The highest BCUT2D eigenvalue weighted by Crippen LogP contribution is 2.35. The van der Waals surface area contributed by atoms with Crippen molar-refractivity contribution in [2.45, 2.75) is 6.54 Å². The summed E-state index contributed by atoms with van der Waals surface area (Å²) in [5.74, 6) is -1.73. The Labute approximate surface area is 154 Å². The normalized spacial score (nSPS) is 14.4. The van der Waals surface area contributed by atoms with Crippen molar-refractivity contribution in [3.63, 3.8) is 0 Å². The first kappa shape index (κ1) is 17.4. The van der Waals surface area contributed by atoms with Crippen LogP contribution in [0.15, 0.2) is 54.7 Å². The molecule has 0 amide bonds. The molecule has 1 aliphatic rings. The van der Waals surface area contributed by atoms with Crippen LogP contribution in [0.5, 0.6) is 0 Å². The summed E-state index contributed by atoms with van der Waals surface area (Å²) in [7, 11) is 1.86. The summed E-state index contributed by atoms with van der Waals surface area (Å²) in [4.78, 5) is 1.94. The first-order valence-corrected chi connectivity index (χ1v) is 8.48. The highest BCUT2D eigenvalue weighted by Gasteiger charge is 2.22. The highest BCUT2D eigenvalue weighted by molar-refractivity contribution is 5.83. The zero-order valence-electron chi connectivity index (χ0n) is 14.6. The highest BCUT2D eigenvalue weighted by atomic mass is 19.1. The second-order valence-electron chi connectivity index (χ2n) is 6.53. The van der Waals surface area contributed by atoms with E-state index >= 15 is 4.39 Å². The van der Waals surface area contributed by atoms with Gasteiger partial charge in [0.15, 0.2) is 0 Å². The third-order valence-electron chi connectivity index (χ3n) is 4.59. The lowest BCUT2D eigenvalue weighted by Crippen LogP contribution is -2.17. The van der Waals surface area contributed by atoms with E-state index in [2.05, 4.69) is 10.2 Å². The second-order valence-corrected chi connectivity index (χ2v) is 6.53. The third kappa shape index (κ3) is 3.36. The molecular weight excluding hydrogens is 351 g/mol. The molecule has 27 heavy (non-hydrogen) atoms. The lowest BCUT2D eigenvalue weighted by molar-refractivity contribution is 0.358. The molecule has 0 saturated heterocycles. The maximum absolute atomic E-state index is 15.4. The van der Waals surface area contributed by atoms with Gasteiger partial charge in [0.25, 0.3) is 0 Å². The van der Waals surface area contributed by atoms with Crippen molar-refractivity contribution in [2.24, 2.45) is 0 Å². The molecule has 3 nitrogen and oxygen atoms in total. The van der Waals surface area contributed by atoms with Crippen molar-refractivity contribution in [1.82, 2.24) is 15.1 Å². The number of halogens is 3. The van der Waals surface area contributed by atoms with Gasteiger partial charge in [0, 0.05) is 36.5 Å². The maximum atomic E-state index is 15.4. The zero-order chi connectivity index (χ0) is 19.0. The fourth-order valence-electron chi connectivity index (χ4n) is 3.35. The number of hydrogen-bond donors (Lipinski definition) is 0. The van der Waals surface area contributed by atoms with Crippen LogP contribution in [0.2, 0.25) is 0 Å². The SMILES string of the molecule is CN1CC=C(c2cc(F)cc(F)c2)c2ccc(-c3cccnn3)c(F)c2C1. The van der Waals surface area contributed by atoms with Gasteiger partial charge in [-0.05, 0) is 54.1 Å². The van der Waals surface area contributed by atoms with Crippen LogP contribution in [0.3, 0.4) is 0 Å². The second kappa shape index (κ2) is 6.96. The molecule has 0 atom stereocenters. The molecule has 0 saturated carbocycles. The van der Waals surface area contributed by atoms with E-state index < -0.39 is 17.5 Å². The van der Waals surface area contributed by atoms with E-state index in [4.69, 9.17) is 0 Å². The molecule has 2 heterocycles. The standard InChI is InChI=1S/C21H16F3N3/c1-27-8-6-16(13-9-14(22)11-15(23)10-13)17-4-5-18(21(24)19(17)12-27)20-3-2-7-25-26-20/h2-7,9-11H,8,12H2,1H3. The number of likely N-dealkylation sites (N-methyl/N-ethyl adjacent to an activating group) is 1. The fraction of sp³-hybridized carbons (Fsp3) is 0.143. The van der Waals surface area contributed by atoms with Crippen molar-refractivity contribution in [3.8, 4) is 11.3 Å². The van der Waals surface area contributed by atoms with E-state index in [-0.39, 0.29) is 0 Å². The first-order valence-electron chi connectivity index (χ1n) is 8.48. The van der Waals surface area contributed by atoms with Crippen molar-refractivity contribution in [2.75, 3.05) is 13.6 Å². The molecule has 3 aromatic rings. The molecule has 6 heteroatoms. The number of rotatable bonds is 2. The fourth-order valence-corrected chi connectivity index (χ4v) is 3.35. The quantitative estimate of drug-likeness (QED) is 0.671. The number of benzene rings is 2. The Hall–Kier alpha value is -2.99. The van der Waals surface area contributed by atoms with E-state index in [1.165, 1.54) is 18.3 Å². The summed E-state index contributed by atoms with van der Waals surface area (Å²) >= 11 is 0. The molecule has 0 unspecified atom stereocenters. The minimum Gasteiger partial charge on any atom is -0.298 e. The molecule has 1 aliphatic heterocycles. The minimum absolute atomic E-state index is 0.349. The van der Waals surface area contributed by atoms with Crippen LogP contribution in [0.25, 0.3) is 16.8 Å². The third-order valence-corrected chi connectivity index (χ3v) is 4.59. The van der Waals surface area contributed by atoms with E-state index in [0.29, 0.717) is 46.6 Å². The number of hydrogen-bond acceptors (Lipinski definition) is 3. The van der Waals surface area contributed by atoms with Gasteiger partial charge < -0.3 is 0 Å². The Morgan fingerprint density at radius 3 is 2.41 bits per heavy atom. The summed E-state index contributed by atoms with van der Waals surface area (Å²) in [6.45, 7) is 0.898. The Morgan fingerprint density at radius 1 is 0.963 bits per heavy atom. The van der Waals surface area contributed by atoms with Crippen LogP contribution in [-0.4, -0.2) is 28.7 Å². The van der Waals surface area contributed by atoms with Gasteiger partial charge in [-0.15, -0.1) is 0 Å². The molecule has 4 rings (SSSR count). The van der Waals surface area contributed by atoms with E-state index in [1.807, 2.05) is 18.0 Å². The van der Waals surface area contributed by atoms with E-state index in [1.54, 1.807) is 24.3 Å². The molecule has 1 aromatic heterocycles. The van der Waals surface area contributed by atoms with Crippen LogP contribution >= 0.6 is 0 Å². The number of fused-ring (bicyclic) bond motifs is 1. The van der Waals surface area contributed by atoms with E-state index in [9.17, 15) is 8.78 Å². The molecule has 0 N–H and O–H groups in total. The van der Waals surface area contributed by atoms with Crippen LogP contribution < -0.4 is 0 Å². The molecule has 136 valence electrons. The zero-order valence-corrected chi connectivity index (χ0v) is 14.6. The number of aromatic nitrogens is 2. The van der Waals surface area contributed by atoms with Crippen molar-refractivity contribution >= 4 is 5.57 Å². The Morgan fingerprint density at radius 2 is 1.70 bits per heavy atom. The molecule has 0 aliphatic carbocycles. The molecule has 0 radical (unpaired) electrons. The number of nitrogens with zero attached hydrogens (tertiary/aromatic N) is 3. The Balaban J connectivity index is 1.90. The van der Waals surface area contributed by atoms with Crippen LogP contribution in [0, 0.1) is 17.5 Å². The van der Waals surface area contributed by atoms with Gasteiger partial charge >= 0.3 is 0 Å². The average molecular weight is 367 g/mol. The van der Waals surface area contributed by atoms with Gasteiger partial charge in [0.05, 0.1) is 5.69 Å². The summed E-state index contributed by atoms with van der Waals surface area (Å²) in [5.41, 5.74) is 2.87. The van der Waals surface area contributed by atoms with Crippen molar-refractivity contribution in [3.05, 3.63) is 88.9 Å². The maximum Gasteiger partial charge on any atom is 0.137 e. The Bertz CT molecular complexity index is 1010. The van der Waals surface area contributed by atoms with Gasteiger partial charge in [0.1, 0.15) is 17.5 Å². The van der Waals surface area contributed by atoms with E-state index in [0.717, 1.165) is 6.07 Å². The molecule has 0 spiro atoms. The molecule has 2 aromatic carbocycles. The lowest BCUT2D eigenvalue weighted by Gasteiger charge is -2.17. The topological polar surface area (TPSA) is 29.0 Å². The van der Waals surface area contributed by atoms with Gasteiger partial charge in [-0.2, -0.15) is 10.2 Å². The van der Waals surface area contributed by atoms with Gasteiger partial charge in [-0.25, -0.2) is 13.2 Å². The van der Waals surface area contributed by atoms with Crippen LogP contribution in [-0.2, 0) is 6.54 Å². The summed E-state index contributed by atoms with van der Waals surface area (Å²) in [5, 5.41) is 7.79. The van der Waals surface area contributed by atoms with Crippen molar-refractivity contribution in [1.29, 1.82) is 0 Å². The smallest absolute Gasteiger partial charge is 0.137 e. The molecule has 0 fully saturated rings. The molecule has 0 bridgehead atoms. The summed E-state index contributed by atoms with van der Waals surface area (Å²) < 4.78 is 42.8. The first-order chi connectivity index (χ1) is 13.0. The predicted octanol–water partition coefficient (Wildman–Crippen LogP) is 4.44. The lowest BCUT2D eigenvalue weighted by atomic mass is 9.91. The van der Waals surface area contributed by atoms with Gasteiger partial charge in [-0.3, -0.25) is 4.90 Å². The van der Waals surface area contributed by atoms with Crippen LogP contribution in [0.4, 0.5) is 13.2 Å². The van der Waals surface area contributed by atoms with Gasteiger partial charge in [0.2, 0.25) is 0 Å². The monoisotopic (exact) mass is 367 g/mol. The van der Waals surface area contributed by atoms with Gasteiger partial charge in [-0.1, -0.05) is 12.1 Å². The largest absolute Gasteiger partial charge is 0.298 e. The molecular formula is C21H16F3N3.